The first-order valence-electron chi connectivity index (χ1n) is 8.63. The van der Waals surface area contributed by atoms with Crippen LogP contribution < -0.4 is 20.1 Å². The molecular weight excluding hydrogens is 314 g/mol. The summed E-state index contributed by atoms with van der Waals surface area (Å²) < 4.78 is 11.2. The van der Waals surface area contributed by atoms with E-state index in [1.165, 1.54) is 16.7 Å². The SMILES string of the molecule is CN=C(NCCc1ccc2c(c1)OCCO2)NCc1ccc(C)cc1. The van der Waals surface area contributed by atoms with Crippen molar-refractivity contribution in [1.29, 1.82) is 0 Å². The minimum absolute atomic E-state index is 0.615. The molecule has 0 radical (unpaired) electrons. The van der Waals surface area contributed by atoms with E-state index in [0.717, 1.165) is 37.0 Å². The van der Waals surface area contributed by atoms with E-state index in [9.17, 15) is 0 Å². The Balaban J connectivity index is 1.46. The molecule has 2 aromatic rings. The highest BCUT2D eigenvalue weighted by atomic mass is 16.6. The number of rotatable bonds is 5. The Morgan fingerprint density at radius 3 is 2.44 bits per heavy atom. The van der Waals surface area contributed by atoms with Gasteiger partial charge in [0.1, 0.15) is 13.2 Å². The van der Waals surface area contributed by atoms with Gasteiger partial charge in [-0.05, 0) is 36.6 Å². The van der Waals surface area contributed by atoms with Crippen LogP contribution in [0, 0.1) is 6.92 Å². The normalized spacial score (nSPS) is 13.4. The fourth-order valence-corrected chi connectivity index (χ4v) is 2.68. The van der Waals surface area contributed by atoms with Gasteiger partial charge in [0.25, 0.3) is 0 Å². The van der Waals surface area contributed by atoms with Gasteiger partial charge in [-0.1, -0.05) is 35.9 Å². The van der Waals surface area contributed by atoms with Gasteiger partial charge in [-0.25, -0.2) is 0 Å². The summed E-state index contributed by atoms with van der Waals surface area (Å²) in [6, 6.07) is 14.6. The van der Waals surface area contributed by atoms with Crippen LogP contribution in [0.4, 0.5) is 0 Å². The molecule has 0 amide bonds. The minimum atomic E-state index is 0.615. The van der Waals surface area contributed by atoms with Crippen molar-refractivity contribution in [1.82, 2.24) is 10.6 Å². The van der Waals surface area contributed by atoms with Gasteiger partial charge < -0.3 is 20.1 Å². The van der Waals surface area contributed by atoms with Gasteiger partial charge in [-0.2, -0.15) is 0 Å². The Hall–Kier alpha value is -2.69. The second-order valence-electron chi connectivity index (χ2n) is 6.07. The molecule has 1 heterocycles. The van der Waals surface area contributed by atoms with E-state index in [1.807, 2.05) is 6.07 Å². The van der Waals surface area contributed by atoms with Crippen LogP contribution in [0.3, 0.4) is 0 Å². The smallest absolute Gasteiger partial charge is 0.191 e. The first-order valence-corrected chi connectivity index (χ1v) is 8.63. The molecule has 2 N–H and O–H groups in total. The molecule has 0 unspecified atom stereocenters. The molecule has 0 aromatic heterocycles. The van der Waals surface area contributed by atoms with Gasteiger partial charge in [-0.3, -0.25) is 4.99 Å². The number of nitrogens with zero attached hydrogens (tertiary/aromatic N) is 1. The van der Waals surface area contributed by atoms with Crippen molar-refractivity contribution in [2.75, 3.05) is 26.8 Å². The molecular formula is C20H25N3O2. The van der Waals surface area contributed by atoms with Crippen molar-refractivity contribution in [3.8, 4) is 11.5 Å². The topological polar surface area (TPSA) is 54.9 Å². The maximum absolute atomic E-state index is 5.63. The summed E-state index contributed by atoms with van der Waals surface area (Å²) in [4.78, 5) is 4.27. The Labute approximate surface area is 149 Å². The van der Waals surface area contributed by atoms with Crippen molar-refractivity contribution in [3.63, 3.8) is 0 Å². The van der Waals surface area contributed by atoms with Gasteiger partial charge >= 0.3 is 0 Å². The molecule has 132 valence electrons. The van der Waals surface area contributed by atoms with Crippen LogP contribution in [-0.2, 0) is 13.0 Å². The van der Waals surface area contributed by atoms with Crippen LogP contribution in [0.2, 0.25) is 0 Å². The first-order chi connectivity index (χ1) is 12.2. The number of benzene rings is 2. The molecule has 1 aliphatic rings. The molecule has 5 heteroatoms. The highest BCUT2D eigenvalue weighted by Gasteiger charge is 2.11. The average Bonchev–Trinajstić information content (AvgIpc) is 2.65. The Morgan fingerprint density at radius 2 is 1.68 bits per heavy atom. The number of fused-ring (bicyclic) bond motifs is 1. The van der Waals surface area contributed by atoms with Crippen molar-refractivity contribution in [3.05, 3.63) is 59.2 Å². The molecule has 0 atom stereocenters. The predicted molar refractivity (Wildman–Crippen MR) is 101 cm³/mol. The quantitative estimate of drug-likeness (QED) is 0.650. The van der Waals surface area contributed by atoms with Gasteiger partial charge in [0.2, 0.25) is 0 Å². The summed E-state index contributed by atoms with van der Waals surface area (Å²) in [5.74, 6) is 2.47. The van der Waals surface area contributed by atoms with E-state index in [1.54, 1.807) is 7.05 Å². The largest absolute Gasteiger partial charge is 0.486 e. The van der Waals surface area contributed by atoms with Gasteiger partial charge in [0.15, 0.2) is 17.5 Å². The zero-order chi connectivity index (χ0) is 17.5. The third-order valence-electron chi connectivity index (χ3n) is 4.12. The van der Waals surface area contributed by atoms with Crippen molar-refractivity contribution in [2.24, 2.45) is 4.99 Å². The van der Waals surface area contributed by atoms with Crippen LogP contribution in [0.5, 0.6) is 11.5 Å². The molecule has 0 saturated carbocycles. The lowest BCUT2D eigenvalue weighted by Gasteiger charge is -2.19. The summed E-state index contributed by atoms with van der Waals surface area (Å²) in [7, 11) is 1.79. The number of aryl methyl sites for hydroxylation is 1. The molecule has 3 rings (SSSR count). The lowest BCUT2D eigenvalue weighted by molar-refractivity contribution is 0.171. The third kappa shape index (κ3) is 4.89. The maximum Gasteiger partial charge on any atom is 0.191 e. The Morgan fingerprint density at radius 1 is 0.960 bits per heavy atom. The van der Waals surface area contributed by atoms with E-state index < -0.39 is 0 Å². The van der Waals surface area contributed by atoms with E-state index in [-0.39, 0.29) is 0 Å². The lowest BCUT2D eigenvalue weighted by atomic mass is 10.1. The third-order valence-corrected chi connectivity index (χ3v) is 4.12. The fraction of sp³-hybridized carbons (Fsp3) is 0.350. The summed E-state index contributed by atoms with van der Waals surface area (Å²) in [6.07, 6.45) is 0.891. The van der Waals surface area contributed by atoms with E-state index >= 15 is 0 Å². The van der Waals surface area contributed by atoms with Gasteiger partial charge in [-0.15, -0.1) is 0 Å². The standard InChI is InChI=1S/C20H25N3O2/c1-15-3-5-17(6-4-15)14-23-20(21-2)22-10-9-16-7-8-18-19(13-16)25-12-11-24-18/h3-8,13H,9-12,14H2,1-2H3,(H2,21,22,23). The first kappa shape index (κ1) is 17.1. The average molecular weight is 339 g/mol. The highest BCUT2D eigenvalue weighted by Crippen LogP contribution is 2.30. The van der Waals surface area contributed by atoms with E-state index in [2.05, 4.69) is 58.9 Å². The minimum Gasteiger partial charge on any atom is -0.486 e. The summed E-state index contributed by atoms with van der Waals surface area (Å²) in [6.45, 7) is 4.88. The second kappa shape index (κ2) is 8.42. The number of nitrogens with one attached hydrogen (secondary N) is 2. The number of hydrogen-bond acceptors (Lipinski definition) is 3. The van der Waals surface area contributed by atoms with Crippen LogP contribution in [0.25, 0.3) is 0 Å². The van der Waals surface area contributed by atoms with Crippen LogP contribution >= 0.6 is 0 Å². The summed E-state index contributed by atoms with van der Waals surface area (Å²) >= 11 is 0. The summed E-state index contributed by atoms with van der Waals surface area (Å²) in [5, 5.41) is 6.68. The number of ether oxygens (including phenoxy) is 2. The molecule has 25 heavy (non-hydrogen) atoms. The second-order valence-corrected chi connectivity index (χ2v) is 6.07. The molecule has 0 fully saturated rings. The summed E-state index contributed by atoms with van der Waals surface area (Å²) in [5.41, 5.74) is 3.72. The molecule has 5 nitrogen and oxygen atoms in total. The van der Waals surface area contributed by atoms with Crippen LogP contribution in [0.1, 0.15) is 16.7 Å². The van der Waals surface area contributed by atoms with E-state index in [0.29, 0.717) is 13.2 Å². The maximum atomic E-state index is 5.63. The zero-order valence-corrected chi connectivity index (χ0v) is 14.8. The van der Waals surface area contributed by atoms with Crippen molar-refractivity contribution in [2.45, 2.75) is 19.9 Å². The van der Waals surface area contributed by atoms with Gasteiger partial charge in [0.05, 0.1) is 0 Å². The molecule has 0 bridgehead atoms. The number of aliphatic imine (C=N–C) groups is 1. The van der Waals surface area contributed by atoms with Crippen molar-refractivity contribution < 1.29 is 9.47 Å². The molecule has 2 aromatic carbocycles. The molecule has 1 aliphatic heterocycles. The highest BCUT2D eigenvalue weighted by molar-refractivity contribution is 5.79. The Bertz CT molecular complexity index is 726. The number of guanidine groups is 1. The lowest BCUT2D eigenvalue weighted by Crippen LogP contribution is -2.37. The Kier molecular flexibility index (Phi) is 5.77. The predicted octanol–water partition coefficient (Wildman–Crippen LogP) is 2.67. The molecule has 0 aliphatic carbocycles. The zero-order valence-electron chi connectivity index (χ0n) is 14.8. The fourth-order valence-electron chi connectivity index (χ4n) is 2.68. The van der Waals surface area contributed by atoms with Crippen molar-refractivity contribution >= 4 is 5.96 Å². The van der Waals surface area contributed by atoms with E-state index in [4.69, 9.17) is 9.47 Å². The van der Waals surface area contributed by atoms with Crippen LogP contribution in [0.15, 0.2) is 47.5 Å². The number of hydrogen-bond donors (Lipinski definition) is 2. The molecule has 0 spiro atoms. The monoisotopic (exact) mass is 339 g/mol. The van der Waals surface area contributed by atoms with Crippen LogP contribution in [-0.4, -0.2) is 32.8 Å². The van der Waals surface area contributed by atoms with Gasteiger partial charge in [0, 0.05) is 20.1 Å². The molecule has 0 saturated heterocycles.